The van der Waals surface area contributed by atoms with Crippen LogP contribution in [0.2, 0.25) is 0 Å². The van der Waals surface area contributed by atoms with Crippen LogP contribution in [0.1, 0.15) is 34.0 Å². The lowest BCUT2D eigenvalue weighted by atomic mass is 9.98. The molecule has 1 aliphatic rings. The van der Waals surface area contributed by atoms with Crippen LogP contribution in [0.3, 0.4) is 0 Å². The minimum atomic E-state index is -0.665. The number of para-hydroxylation sites is 1. The Balaban J connectivity index is 1.88. The maximum absolute atomic E-state index is 12.2. The molecule has 3 rings (SSSR count). The molecular formula is C18H19NO5S. The molecule has 0 radical (unpaired) electrons. The smallest absolute Gasteiger partial charge is 0.417 e. The van der Waals surface area contributed by atoms with Crippen molar-refractivity contribution in [3.63, 3.8) is 0 Å². The summed E-state index contributed by atoms with van der Waals surface area (Å²) in [5.41, 5.74) is 0.894. The van der Waals surface area contributed by atoms with Gasteiger partial charge in [0.2, 0.25) is 0 Å². The molecule has 0 saturated heterocycles. The average Bonchev–Trinajstić information content (AvgIpc) is 2.91. The van der Waals surface area contributed by atoms with Crippen LogP contribution in [0.4, 0.5) is 10.5 Å². The van der Waals surface area contributed by atoms with Crippen LogP contribution in [0.25, 0.3) is 0 Å². The minimum absolute atomic E-state index is 0.312. The van der Waals surface area contributed by atoms with Gasteiger partial charge in [-0.15, -0.1) is 11.3 Å². The number of nitrogens with one attached hydrogen (secondary N) is 1. The first-order valence-corrected chi connectivity index (χ1v) is 8.62. The van der Waals surface area contributed by atoms with Crippen molar-refractivity contribution in [3.8, 4) is 5.75 Å². The third kappa shape index (κ3) is 3.83. The highest BCUT2D eigenvalue weighted by atomic mass is 32.1. The molecule has 2 aromatic rings. The number of carbonyl (C=O) groups is 2. The van der Waals surface area contributed by atoms with Crippen molar-refractivity contribution >= 4 is 29.1 Å². The van der Waals surface area contributed by atoms with E-state index in [0.29, 0.717) is 29.3 Å². The number of anilines is 1. The van der Waals surface area contributed by atoms with Gasteiger partial charge < -0.3 is 14.2 Å². The molecule has 0 fully saturated rings. The van der Waals surface area contributed by atoms with E-state index in [-0.39, 0.29) is 5.60 Å². The molecule has 25 heavy (non-hydrogen) atoms. The topological polar surface area (TPSA) is 73.9 Å². The van der Waals surface area contributed by atoms with Gasteiger partial charge >= 0.3 is 12.1 Å². The van der Waals surface area contributed by atoms with E-state index in [1.807, 2.05) is 19.9 Å². The Morgan fingerprint density at radius 1 is 1.24 bits per heavy atom. The van der Waals surface area contributed by atoms with E-state index in [1.54, 1.807) is 24.3 Å². The summed E-state index contributed by atoms with van der Waals surface area (Å²) in [5, 5.41) is 2.68. The number of ether oxygens (including phenoxy) is 3. The van der Waals surface area contributed by atoms with E-state index in [1.165, 1.54) is 18.4 Å². The lowest BCUT2D eigenvalue weighted by Gasteiger charge is -2.30. The summed E-state index contributed by atoms with van der Waals surface area (Å²) < 4.78 is 15.9. The normalized spacial score (nSPS) is 15.2. The van der Waals surface area contributed by atoms with Gasteiger partial charge in [-0.3, -0.25) is 5.32 Å². The summed E-state index contributed by atoms with van der Waals surface area (Å²) in [6.07, 6.45) is -0.00588. The SMILES string of the molecule is COC(=O)c1sc2c(c1NC(=O)Oc1ccccc1)COC(C)(C)C2. The molecule has 0 saturated carbocycles. The van der Waals surface area contributed by atoms with Crippen LogP contribution >= 0.6 is 11.3 Å². The number of methoxy groups -OCH3 is 1. The largest absolute Gasteiger partial charge is 0.465 e. The molecule has 1 aromatic heterocycles. The van der Waals surface area contributed by atoms with Gasteiger partial charge in [0.15, 0.2) is 0 Å². The molecule has 1 aliphatic heterocycles. The fourth-order valence-electron chi connectivity index (χ4n) is 2.60. The van der Waals surface area contributed by atoms with Crippen molar-refractivity contribution in [3.05, 3.63) is 45.6 Å². The van der Waals surface area contributed by atoms with Crippen LogP contribution in [0.15, 0.2) is 30.3 Å². The standard InChI is InChI=1S/C18H19NO5S/c1-18(2)9-13-12(10-23-18)14(15(25-13)16(20)22-3)19-17(21)24-11-7-5-4-6-8-11/h4-8H,9-10H2,1-3H3,(H,19,21). The van der Waals surface area contributed by atoms with Gasteiger partial charge in [0, 0.05) is 16.9 Å². The van der Waals surface area contributed by atoms with E-state index in [4.69, 9.17) is 14.2 Å². The van der Waals surface area contributed by atoms with Crippen molar-refractivity contribution in [1.29, 1.82) is 0 Å². The summed E-state index contributed by atoms with van der Waals surface area (Å²) >= 11 is 1.32. The Kier molecular flexibility index (Phi) is 4.78. The molecular weight excluding hydrogens is 342 g/mol. The highest BCUT2D eigenvalue weighted by molar-refractivity contribution is 7.14. The third-order valence-electron chi connectivity index (χ3n) is 3.84. The van der Waals surface area contributed by atoms with Gasteiger partial charge in [-0.2, -0.15) is 0 Å². The molecule has 2 heterocycles. The molecule has 0 unspecified atom stereocenters. The van der Waals surface area contributed by atoms with Crippen LogP contribution in [0.5, 0.6) is 5.75 Å². The zero-order chi connectivity index (χ0) is 18.0. The maximum atomic E-state index is 12.2. The first kappa shape index (κ1) is 17.4. The minimum Gasteiger partial charge on any atom is -0.465 e. The summed E-state index contributed by atoms with van der Waals surface area (Å²) in [6, 6.07) is 8.72. The van der Waals surface area contributed by atoms with Crippen LogP contribution in [-0.4, -0.2) is 24.8 Å². The van der Waals surface area contributed by atoms with Crippen LogP contribution < -0.4 is 10.1 Å². The van der Waals surface area contributed by atoms with Crippen molar-refractivity contribution in [2.45, 2.75) is 32.5 Å². The number of carbonyl (C=O) groups excluding carboxylic acids is 2. The second kappa shape index (κ2) is 6.85. The second-order valence-corrected chi connectivity index (χ2v) is 7.36. The number of hydrogen-bond donors (Lipinski definition) is 1. The monoisotopic (exact) mass is 361 g/mol. The van der Waals surface area contributed by atoms with Crippen molar-refractivity contribution in [2.75, 3.05) is 12.4 Å². The maximum Gasteiger partial charge on any atom is 0.417 e. The molecule has 1 amide bonds. The van der Waals surface area contributed by atoms with Gasteiger partial charge in [-0.05, 0) is 26.0 Å². The lowest BCUT2D eigenvalue weighted by molar-refractivity contribution is -0.0385. The fraction of sp³-hybridized carbons (Fsp3) is 0.333. The van der Waals surface area contributed by atoms with Crippen molar-refractivity contribution < 1.29 is 23.8 Å². The summed E-state index contributed by atoms with van der Waals surface area (Å²) in [6.45, 7) is 4.30. The lowest BCUT2D eigenvalue weighted by Crippen LogP contribution is -2.31. The predicted molar refractivity (Wildman–Crippen MR) is 94.3 cm³/mol. The molecule has 0 aliphatic carbocycles. The zero-order valence-corrected chi connectivity index (χ0v) is 15.1. The molecule has 0 atom stereocenters. The number of esters is 1. The highest BCUT2D eigenvalue weighted by Gasteiger charge is 2.33. The van der Waals surface area contributed by atoms with E-state index >= 15 is 0 Å². The number of fused-ring (bicyclic) bond motifs is 1. The molecule has 0 bridgehead atoms. The molecule has 7 heteroatoms. The van der Waals surface area contributed by atoms with Gasteiger partial charge in [-0.1, -0.05) is 18.2 Å². The van der Waals surface area contributed by atoms with Crippen LogP contribution in [0, 0.1) is 0 Å². The number of rotatable bonds is 3. The third-order valence-corrected chi connectivity index (χ3v) is 5.05. The van der Waals surface area contributed by atoms with E-state index < -0.39 is 12.1 Å². The first-order chi connectivity index (χ1) is 11.9. The Bertz CT molecular complexity index is 797. The Morgan fingerprint density at radius 2 is 1.96 bits per heavy atom. The fourth-order valence-corrected chi connectivity index (χ4v) is 4.00. The quantitative estimate of drug-likeness (QED) is 0.837. The predicted octanol–water partition coefficient (Wildman–Crippen LogP) is 4.00. The molecule has 1 N–H and O–H groups in total. The average molecular weight is 361 g/mol. The number of benzene rings is 1. The molecule has 132 valence electrons. The van der Waals surface area contributed by atoms with Crippen molar-refractivity contribution in [2.24, 2.45) is 0 Å². The summed E-state index contributed by atoms with van der Waals surface area (Å²) in [4.78, 5) is 25.7. The van der Waals surface area contributed by atoms with Crippen LogP contribution in [-0.2, 0) is 22.5 Å². The highest BCUT2D eigenvalue weighted by Crippen LogP contribution is 2.41. The molecule has 0 spiro atoms. The van der Waals surface area contributed by atoms with E-state index in [9.17, 15) is 9.59 Å². The molecule has 6 nitrogen and oxygen atoms in total. The Hall–Kier alpha value is -2.38. The second-order valence-electron chi connectivity index (χ2n) is 6.25. The number of amides is 1. The van der Waals surface area contributed by atoms with Gasteiger partial charge in [0.1, 0.15) is 10.6 Å². The summed E-state index contributed by atoms with van der Waals surface area (Å²) in [7, 11) is 1.31. The van der Waals surface area contributed by atoms with Gasteiger partial charge in [-0.25, -0.2) is 9.59 Å². The van der Waals surface area contributed by atoms with Crippen molar-refractivity contribution in [1.82, 2.24) is 0 Å². The number of hydrogen-bond acceptors (Lipinski definition) is 6. The number of thiophene rings is 1. The Morgan fingerprint density at radius 3 is 2.64 bits per heavy atom. The van der Waals surface area contributed by atoms with Gasteiger partial charge in [0.25, 0.3) is 0 Å². The van der Waals surface area contributed by atoms with E-state index in [2.05, 4.69) is 5.32 Å². The Labute approximate surface area is 149 Å². The zero-order valence-electron chi connectivity index (χ0n) is 14.3. The first-order valence-electron chi connectivity index (χ1n) is 7.80. The summed E-state index contributed by atoms with van der Waals surface area (Å²) in [5.74, 6) is -0.0756. The van der Waals surface area contributed by atoms with E-state index in [0.717, 1.165) is 10.4 Å². The van der Waals surface area contributed by atoms with Gasteiger partial charge in [0.05, 0.1) is 25.0 Å². The molecule has 1 aromatic carbocycles.